The van der Waals surface area contributed by atoms with E-state index in [4.69, 9.17) is 0 Å². The molecule has 0 radical (unpaired) electrons. The van der Waals surface area contributed by atoms with Crippen molar-refractivity contribution < 1.29 is 4.79 Å². The number of carbonyl (C=O) groups is 1. The van der Waals surface area contributed by atoms with Gasteiger partial charge in [-0.15, -0.1) is 21.5 Å². The van der Waals surface area contributed by atoms with Gasteiger partial charge in [-0.25, -0.2) is 0 Å². The molecule has 116 valence electrons. The summed E-state index contributed by atoms with van der Waals surface area (Å²) in [5, 5.41) is 13.4. The lowest BCUT2D eigenvalue weighted by atomic mass is 9.88. The molecule has 1 aliphatic carbocycles. The average Bonchev–Trinajstić information content (AvgIpc) is 3.19. The van der Waals surface area contributed by atoms with Crippen molar-refractivity contribution in [2.24, 2.45) is 5.92 Å². The summed E-state index contributed by atoms with van der Waals surface area (Å²) >= 11 is 1.73. The maximum atomic E-state index is 12.5. The first-order valence-electron chi connectivity index (χ1n) is 8.00. The van der Waals surface area contributed by atoms with E-state index in [1.54, 1.807) is 11.3 Å². The van der Waals surface area contributed by atoms with Crippen LogP contribution in [-0.4, -0.2) is 20.7 Å². The molecule has 0 bridgehead atoms. The van der Waals surface area contributed by atoms with E-state index in [0.29, 0.717) is 6.54 Å². The zero-order chi connectivity index (χ0) is 15.1. The van der Waals surface area contributed by atoms with Gasteiger partial charge >= 0.3 is 0 Å². The van der Waals surface area contributed by atoms with Gasteiger partial charge in [-0.1, -0.05) is 6.92 Å². The standard InChI is InChI=1S/C16H20N4OS/c1-10-4-5-11-12(9-22-13(11)7-10)16(21)17-8-15-19-18-14-3-2-6-20(14)15/h9-10H,2-8H2,1H3,(H,17,21)/t10-/m0/s1. The van der Waals surface area contributed by atoms with E-state index in [9.17, 15) is 4.79 Å². The minimum Gasteiger partial charge on any atom is -0.345 e. The summed E-state index contributed by atoms with van der Waals surface area (Å²) in [6, 6.07) is 0. The number of hydrogen-bond donors (Lipinski definition) is 1. The third-order valence-electron chi connectivity index (χ3n) is 4.74. The van der Waals surface area contributed by atoms with E-state index < -0.39 is 0 Å². The van der Waals surface area contributed by atoms with Crippen molar-refractivity contribution in [3.05, 3.63) is 33.0 Å². The fraction of sp³-hybridized carbons (Fsp3) is 0.562. The van der Waals surface area contributed by atoms with E-state index in [1.165, 1.54) is 16.9 Å². The minimum absolute atomic E-state index is 0.0300. The number of hydrogen-bond acceptors (Lipinski definition) is 4. The minimum atomic E-state index is 0.0300. The predicted molar refractivity (Wildman–Crippen MR) is 85.0 cm³/mol. The molecule has 2 aromatic heterocycles. The molecule has 2 aliphatic rings. The summed E-state index contributed by atoms with van der Waals surface area (Å²) in [5.74, 6) is 2.69. The van der Waals surface area contributed by atoms with Crippen molar-refractivity contribution in [1.82, 2.24) is 20.1 Å². The molecule has 4 rings (SSSR count). The Bertz CT molecular complexity index is 718. The van der Waals surface area contributed by atoms with Crippen LogP contribution in [0, 0.1) is 5.92 Å². The Morgan fingerprint density at radius 1 is 1.45 bits per heavy atom. The van der Waals surface area contributed by atoms with Crippen molar-refractivity contribution in [3.8, 4) is 0 Å². The Labute approximate surface area is 133 Å². The first kappa shape index (κ1) is 13.9. The average molecular weight is 316 g/mol. The summed E-state index contributed by atoms with van der Waals surface area (Å²) in [7, 11) is 0. The van der Waals surface area contributed by atoms with Gasteiger partial charge in [-0.3, -0.25) is 4.79 Å². The van der Waals surface area contributed by atoms with Crippen molar-refractivity contribution in [2.75, 3.05) is 0 Å². The van der Waals surface area contributed by atoms with Crippen LogP contribution in [0.3, 0.4) is 0 Å². The van der Waals surface area contributed by atoms with E-state index in [1.807, 2.05) is 5.38 Å². The first-order chi connectivity index (χ1) is 10.7. The molecule has 0 aromatic carbocycles. The maximum Gasteiger partial charge on any atom is 0.252 e. The molecular formula is C16H20N4OS. The van der Waals surface area contributed by atoms with Gasteiger partial charge in [0.05, 0.1) is 12.1 Å². The topological polar surface area (TPSA) is 59.8 Å². The quantitative estimate of drug-likeness (QED) is 0.945. The summed E-state index contributed by atoms with van der Waals surface area (Å²) < 4.78 is 2.13. The van der Waals surface area contributed by atoms with Crippen LogP contribution in [0.25, 0.3) is 0 Å². The maximum absolute atomic E-state index is 12.5. The van der Waals surface area contributed by atoms with Gasteiger partial charge in [-0.2, -0.15) is 0 Å². The summed E-state index contributed by atoms with van der Waals surface area (Å²) in [4.78, 5) is 13.9. The highest BCUT2D eigenvalue weighted by Gasteiger charge is 2.24. The highest BCUT2D eigenvalue weighted by atomic mass is 32.1. The van der Waals surface area contributed by atoms with E-state index in [-0.39, 0.29) is 5.91 Å². The SMILES string of the molecule is C[C@H]1CCc2c(C(=O)NCc3nnc4n3CCC4)csc2C1. The van der Waals surface area contributed by atoms with Crippen molar-refractivity contribution >= 4 is 17.2 Å². The molecule has 2 aromatic rings. The molecule has 1 aliphatic heterocycles. The number of nitrogens with zero attached hydrogens (tertiary/aromatic N) is 3. The highest BCUT2D eigenvalue weighted by Crippen LogP contribution is 2.32. The van der Waals surface area contributed by atoms with Crippen LogP contribution < -0.4 is 5.32 Å². The second-order valence-electron chi connectivity index (χ2n) is 6.37. The van der Waals surface area contributed by atoms with Gasteiger partial charge in [0.1, 0.15) is 5.82 Å². The third-order valence-corrected chi connectivity index (χ3v) is 5.79. The Morgan fingerprint density at radius 2 is 2.36 bits per heavy atom. The zero-order valence-electron chi connectivity index (χ0n) is 12.8. The predicted octanol–water partition coefficient (Wildman–Crippen LogP) is 2.34. The highest BCUT2D eigenvalue weighted by molar-refractivity contribution is 7.10. The first-order valence-corrected chi connectivity index (χ1v) is 8.88. The number of aryl methyl sites for hydroxylation is 1. The fourth-order valence-corrected chi connectivity index (χ4v) is 4.71. The monoisotopic (exact) mass is 316 g/mol. The van der Waals surface area contributed by atoms with Crippen LogP contribution in [0.5, 0.6) is 0 Å². The van der Waals surface area contributed by atoms with Crippen LogP contribution in [0.15, 0.2) is 5.38 Å². The number of nitrogens with one attached hydrogen (secondary N) is 1. The lowest BCUT2D eigenvalue weighted by molar-refractivity contribution is 0.0948. The Balaban J connectivity index is 1.46. The normalized spacial score (nSPS) is 19.8. The molecule has 1 atom stereocenters. The number of fused-ring (bicyclic) bond motifs is 2. The zero-order valence-corrected chi connectivity index (χ0v) is 13.6. The molecule has 1 amide bonds. The van der Waals surface area contributed by atoms with Gasteiger partial charge in [0, 0.05) is 23.2 Å². The van der Waals surface area contributed by atoms with Crippen molar-refractivity contribution in [3.63, 3.8) is 0 Å². The summed E-state index contributed by atoms with van der Waals surface area (Å²) in [5.41, 5.74) is 2.14. The molecule has 0 fully saturated rings. The van der Waals surface area contributed by atoms with Crippen LogP contribution in [0.2, 0.25) is 0 Å². The van der Waals surface area contributed by atoms with E-state index >= 15 is 0 Å². The van der Waals surface area contributed by atoms with Crippen LogP contribution in [0.4, 0.5) is 0 Å². The van der Waals surface area contributed by atoms with Gasteiger partial charge in [0.15, 0.2) is 5.82 Å². The smallest absolute Gasteiger partial charge is 0.252 e. The Hall–Kier alpha value is -1.69. The Kier molecular flexibility index (Phi) is 3.48. The van der Waals surface area contributed by atoms with E-state index in [0.717, 1.165) is 55.4 Å². The van der Waals surface area contributed by atoms with Crippen LogP contribution in [-0.2, 0) is 32.4 Å². The molecule has 6 heteroatoms. The molecule has 0 saturated carbocycles. The second-order valence-corrected chi connectivity index (χ2v) is 7.33. The number of carbonyl (C=O) groups excluding carboxylic acids is 1. The molecule has 0 saturated heterocycles. The van der Waals surface area contributed by atoms with Gasteiger partial charge < -0.3 is 9.88 Å². The lowest BCUT2D eigenvalue weighted by Crippen LogP contribution is -2.26. The number of thiophene rings is 1. The molecule has 5 nitrogen and oxygen atoms in total. The van der Waals surface area contributed by atoms with Crippen LogP contribution >= 0.6 is 11.3 Å². The second kappa shape index (κ2) is 5.50. The number of aromatic nitrogens is 3. The van der Waals surface area contributed by atoms with Gasteiger partial charge in [-0.05, 0) is 37.2 Å². The summed E-state index contributed by atoms with van der Waals surface area (Å²) in [6.07, 6.45) is 5.45. The number of amides is 1. The third kappa shape index (κ3) is 2.35. The molecular weight excluding hydrogens is 296 g/mol. The molecule has 22 heavy (non-hydrogen) atoms. The van der Waals surface area contributed by atoms with Gasteiger partial charge in [0.25, 0.3) is 5.91 Å². The van der Waals surface area contributed by atoms with E-state index in [2.05, 4.69) is 27.0 Å². The van der Waals surface area contributed by atoms with Crippen molar-refractivity contribution in [2.45, 2.75) is 52.1 Å². The molecule has 1 N–H and O–H groups in total. The lowest BCUT2D eigenvalue weighted by Gasteiger charge is -2.18. The van der Waals surface area contributed by atoms with Gasteiger partial charge in [0.2, 0.25) is 0 Å². The fourth-order valence-electron chi connectivity index (χ4n) is 3.46. The summed E-state index contributed by atoms with van der Waals surface area (Å²) in [6.45, 7) is 3.72. The van der Waals surface area contributed by atoms with Crippen LogP contribution in [0.1, 0.15) is 52.2 Å². The van der Waals surface area contributed by atoms with Crippen molar-refractivity contribution in [1.29, 1.82) is 0 Å². The molecule has 3 heterocycles. The number of rotatable bonds is 3. The largest absolute Gasteiger partial charge is 0.345 e. The molecule has 0 unspecified atom stereocenters. The molecule has 0 spiro atoms. The Morgan fingerprint density at radius 3 is 3.27 bits per heavy atom.